The van der Waals surface area contributed by atoms with E-state index in [1.165, 1.54) is 25.5 Å². The lowest BCUT2D eigenvalue weighted by molar-refractivity contribution is 0.0697. The number of aromatic amines is 1. The van der Waals surface area contributed by atoms with Gasteiger partial charge in [0.1, 0.15) is 11.3 Å². The maximum Gasteiger partial charge on any atom is 0.339 e. The molecule has 0 fully saturated rings. The predicted octanol–water partition coefficient (Wildman–Crippen LogP) is 1.57. The van der Waals surface area contributed by atoms with Crippen LogP contribution in [0.2, 0.25) is 0 Å². The summed E-state index contributed by atoms with van der Waals surface area (Å²) in [6, 6.07) is 1.33. The number of Topliss-reactive ketones (excluding diaryl/α,β-unsaturated/α-hetero) is 1. The Bertz CT molecular complexity index is 502. The summed E-state index contributed by atoms with van der Waals surface area (Å²) in [5, 5.41) is 15.1. The third kappa shape index (κ3) is 1.50. The van der Waals surface area contributed by atoms with Crippen LogP contribution in [0.1, 0.15) is 27.8 Å². The van der Waals surface area contributed by atoms with Crippen molar-refractivity contribution in [3.05, 3.63) is 29.8 Å². The number of carbonyl (C=O) groups excluding carboxylic acids is 1. The highest BCUT2D eigenvalue weighted by Gasteiger charge is 2.20. The first-order valence-corrected chi connectivity index (χ1v) is 4.46. The van der Waals surface area contributed by atoms with Crippen LogP contribution in [0.5, 0.6) is 0 Å². The van der Waals surface area contributed by atoms with Crippen LogP contribution in [0.15, 0.2) is 22.9 Å². The van der Waals surface area contributed by atoms with E-state index in [0.29, 0.717) is 5.56 Å². The fraction of sp³-hybridized carbons (Fsp3) is 0.100. The SMILES string of the molecule is CC(=O)c1[nH]ncc1-c1occc1C(=O)O. The summed E-state index contributed by atoms with van der Waals surface area (Å²) < 4.78 is 5.07. The molecular formula is C10H8N2O4. The maximum atomic E-state index is 11.2. The van der Waals surface area contributed by atoms with Gasteiger partial charge in [-0.1, -0.05) is 0 Å². The number of H-pyrrole nitrogens is 1. The molecule has 0 aromatic carbocycles. The molecule has 2 heterocycles. The van der Waals surface area contributed by atoms with Crippen LogP contribution < -0.4 is 0 Å². The highest BCUT2D eigenvalue weighted by Crippen LogP contribution is 2.27. The predicted molar refractivity (Wildman–Crippen MR) is 53.3 cm³/mol. The van der Waals surface area contributed by atoms with Crippen LogP contribution in [0.3, 0.4) is 0 Å². The van der Waals surface area contributed by atoms with Gasteiger partial charge < -0.3 is 9.52 Å². The standard InChI is InChI=1S/C10H8N2O4/c1-5(13)8-7(4-11-12-8)9-6(10(14)15)2-3-16-9/h2-4H,1H3,(H,11,12)(H,14,15). The normalized spacial score (nSPS) is 10.3. The molecule has 16 heavy (non-hydrogen) atoms. The molecule has 0 spiro atoms. The van der Waals surface area contributed by atoms with Crippen LogP contribution in [0.4, 0.5) is 0 Å². The number of carboxylic acids is 1. The van der Waals surface area contributed by atoms with Crippen LogP contribution in [0.25, 0.3) is 11.3 Å². The highest BCUT2D eigenvalue weighted by atomic mass is 16.4. The van der Waals surface area contributed by atoms with Crippen molar-refractivity contribution in [1.82, 2.24) is 10.2 Å². The molecule has 0 saturated carbocycles. The first kappa shape index (κ1) is 10.2. The van der Waals surface area contributed by atoms with E-state index in [0.717, 1.165) is 0 Å². The van der Waals surface area contributed by atoms with Gasteiger partial charge in [0.2, 0.25) is 0 Å². The van der Waals surface area contributed by atoms with E-state index in [1.54, 1.807) is 0 Å². The number of nitrogens with zero attached hydrogens (tertiary/aromatic N) is 1. The van der Waals surface area contributed by atoms with Crippen molar-refractivity contribution in [1.29, 1.82) is 0 Å². The third-order valence-corrected chi connectivity index (χ3v) is 2.13. The summed E-state index contributed by atoms with van der Waals surface area (Å²) >= 11 is 0. The minimum atomic E-state index is -1.11. The Kier molecular flexibility index (Phi) is 2.32. The summed E-state index contributed by atoms with van der Waals surface area (Å²) in [7, 11) is 0. The van der Waals surface area contributed by atoms with Crippen LogP contribution in [-0.2, 0) is 0 Å². The molecule has 0 atom stereocenters. The molecule has 0 aliphatic heterocycles. The number of rotatable bonds is 3. The van der Waals surface area contributed by atoms with Gasteiger partial charge in [-0.3, -0.25) is 9.89 Å². The Morgan fingerprint density at radius 2 is 2.25 bits per heavy atom. The van der Waals surface area contributed by atoms with Gasteiger partial charge in [-0.15, -0.1) is 0 Å². The Hall–Kier alpha value is -2.37. The summed E-state index contributed by atoms with van der Waals surface area (Å²) in [6.07, 6.45) is 2.62. The lowest BCUT2D eigenvalue weighted by atomic mass is 10.1. The zero-order chi connectivity index (χ0) is 11.7. The average molecular weight is 220 g/mol. The molecule has 0 saturated heterocycles. The molecule has 2 aromatic heterocycles. The van der Waals surface area contributed by atoms with E-state index in [-0.39, 0.29) is 22.8 Å². The lowest BCUT2D eigenvalue weighted by Gasteiger charge is -1.97. The molecular weight excluding hydrogens is 212 g/mol. The molecule has 0 unspecified atom stereocenters. The number of aromatic nitrogens is 2. The van der Waals surface area contributed by atoms with Gasteiger partial charge in [0.25, 0.3) is 0 Å². The molecule has 2 aromatic rings. The van der Waals surface area contributed by atoms with E-state index in [2.05, 4.69) is 10.2 Å². The Morgan fingerprint density at radius 3 is 2.88 bits per heavy atom. The molecule has 2 rings (SSSR count). The zero-order valence-corrected chi connectivity index (χ0v) is 8.35. The van der Waals surface area contributed by atoms with E-state index >= 15 is 0 Å². The summed E-state index contributed by atoms with van der Waals surface area (Å²) in [6.45, 7) is 1.36. The lowest BCUT2D eigenvalue weighted by Crippen LogP contribution is -1.99. The number of hydrogen-bond donors (Lipinski definition) is 2. The summed E-state index contributed by atoms with van der Waals surface area (Å²) in [4.78, 5) is 22.1. The zero-order valence-electron chi connectivity index (χ0n) is 8.35. The molecule has 6 nitrogen and oxygen atoms in total. The number of aromatic carboxylic acids is 1. The largest absolute Gasteiger partial charge is 0.478 e. The van der Waals surface area contributed by atoms with E-state index < -0.39 is 5.97 Å². The van der Waals surface area contributed by atoms with Crippen molar-refractivity contribution in [2.75, 3.05) is 0 Å². The smallest absolute Gasteiger partial charge is 0.339 e. The first-order chi connectivity index (χ1) is 7.61. The van der Waals surface area contributed by atoms with Crippen molar-refractivity contribution in [3.63, 3.8) is 0 Å². The monoisotopic (exact) mass is 220 g/mol. The minimum absolute atomic E-state index is 0.00361. The second-order valence-electron chi connectivity index (χ2n) is 3.18. The second kappa shape index (κ2) is 3.65. The quantitative estimate of drug-likeness (QED) is 0.765. The van der Waals surface area contributed by atoms with Gasteiger partial charge in [0.15, 0.2) is 11.5 Å². The number of furan rings is 1. The van der Waals surface area contributed by atoms with Crippen molar-refractivity contribution in [2.24, 2.45) is 0 Å². The van der Waals surface area contributed by atoms with E-state index in [9.17, 15) is 9.59 Å². The fourth-order valence-corrected chi connectivity index (χ4v) is 1.41. The van der Waals surface area contributed by atoms with Crippen LogP contribution in [-0.4, -0.2) is 27.1 Å². The molecule has 6 heteroatoms. The Labute approximate surface area is 89.9 Å². The molecule has 82 valence electrons. The van der Waals surface area contributed by atoms with Crippen LogP contribution in [0, 0.1) is 0 Å². The topological polar surface area (TPSA) is 96.2 Å². The minimum Gasteiger partial charge on any atom is -0.478 e. The number of hydrogen-bond acceptors (Lipinski definition) is 4. The summed E-state index contributed by atoms with van der Waals surface area (Å²) in [5.74, 6) is -1.22. The van der Waals surface area contributed by atoms with Gasteiger partial charge in [0, 0.05) is 6.92 Å². The summed E-state index contributed by atoms with van der Waals surface area (Å²) in [5.41, 5.74) is 0.594. The maximum absolute atomic E-state index is 11.2. The number of carbonyl (C=O) groups is 2. The van der Waals surface area contributed by atoms with Crippen molar-refractivity contribution in [2.45, 2.75) is 6.92 Å². The Morgan fingerprint density at radius 1 is 1.50 bits per heavy atom. The first-order valence-electron chi connectivity index (χ1n) is 4.46. The molecule has 0 aliphatic rings. The second-order valence-corrected chi connectivity index (χ2v) is 3.18. The molecule has 0 amide bonds. The molecule has 0 bridgehead atoms. The molecule has 2 N–H and O–H groups in total. The average Bonchev–Trinajstić information content (AvgIpc) is 2.85. The number of ketones is 1. The highest BCUT2D eigenvalue weighted by molar-refractivity contribution is 6.01. The van der Waals surface area contributed by atoms with E-state index in [1.807, 2.05) is 0 Å². The number of nitrogens with one attached hydrogen (secondary N) is 1. The van der Waals surface area contributed by atoms with Gasteiger partial charge >= 0.3 is 5.97 Å². The number of carboxylic acid groups (broad SMARTS) is 1. The van der Waals surface area contributed by atoms with Gasteiger partial charge in [0.05, 0.1) is 18.0 Å². The van der Waals surface area contributed by atoms with Gasteiger partial charge in [-0.2, -0.15) is 5.10 Å². The van der Waals surface area contributed by atoms with E-state index in [4.69, 9.17) is 9.52 Å². The van der Waals surface area contributed by atoms with Crippen molar-refractivity contribution in [3.8, 4) is 11.3 Å². The van der Waals surface area contributed by atoms with Crippen molar-refractivity contribution >= 4 is 11.8 Å². The Balaban J connectivity index is 2.59. The molecule has 0 radical (unpaired) electrons. The van der Waals surface area contributed by atoms with Gasteiger partial charge in [-0.05, 0) is 6.07 Å². The van der Waals surface area contributed by atoms with Gasteiger partial charge in [-0.25, -0.2) is 4.79 Å². The molecule has 0 aliphatic carbocycles. The fourth-order valence-electron chi connectivity index (χ4n) is 1.41. The van der Waals surface area contributed by atoms with Crippen LogP contribution >= 0.6 is 0 Å². The van der Waals surface area contributed by atoms with Crippen molar-refractivity contribution < 1.29 is 19.1 Å². The third-order valence-electron chi connectivity index (χ3n) is 2.13.